The molecule has 0 aromatic carbocycles. The molecule has 15 heavy (non-hydrogen) atoms. The van der Waals surface area contributed by atoms with Gasteiger partial charge in [0.1, 0.15) is 0 Å². The van der Waals surface area contributed by atoms with Crippen LogP contribution in [0.4, 0.5) is 4.79 Å². The van der Waals surface area contributed by atoms with E-state index in [9.17, 15) is 4.79 Å². The Labute approximate surface area is 103 Å². The van der Waals surface area contributed by atoms with Crippen molar-refractivity contribution in [3.63, 3.8) is 0 Å². The molecule has 0 atom stereocenters. The van der Waals surface area contributed by atoms with E-state index in [1.807, 2.05) is 25.3 Å². The Morgan fingerprint density at radius 3 is 2.80 bits per heavy atom. The van der Waals surface area contributed by atoms with Crippen molar-refractivity contribution in [2.75, 3.05) is 7.05 Å². The predicted molar refractivity (Wildman–Crippen MR) is 67.2 cm³/mol. The fourth-order valence-electron chi connectivity index (χ4n) is 1.13. The van der Waals surface area contributed by atoms with E-state index in [1.165, 1.54) is 0 Å². The Morgan fingerprint density at radius 1 is 1.67 bits per heavy atom. The monoisotopic (exact) mass is 290 g/mol. The molecular formula is C10H15BrN2OS. The molecule has 0 fully saturated rings. The first kappa shape index (κ1) is 12.5. The zero-order valence-electron chi connectivity index (χ0n) is 9.08. The lowest BCUT2D eigenvalue weighted by Crippen LogP contribution is -2.40. The number of hydrogen-bond acceptors (Lipinski definition) is 2. The van der Waals surface area contributed by atoms with Gasteiger partial charge in [-0.1, -0.05) is 0 Å². The highest BCUT2D eigenvalue weighted by Crippen LogP contribution is 2.21. The Kier molecular flexibility index (Phi) is 4.60. The number of nitrogens with one attached hydrogen (secondary N) is 1. The molecule has 1 rings (SSSR count). The first-order valence-electron chi connectivity index (χ1n) is 4.73. The minimum atomic E-state index is -0.0349. The van der Waals surface area contributed by atoms with E-state index in [-0.39, 0.29) is 12.1 Å². The molecule has 0 aliphatic carbocycles. The van der Waals surface area contributed by atoms with Crippen LogP contribution < -0.4 is 5.32 Å². The Bertz CT molecular complexity index is 338. The molecule has 0 bridgehead atoms. The van der Waals surface area contributed by atoms with Crippen LogP contribution in [0.3, 0.4) is 0 Å². The first-order chi connectivity index (χ1) is 6.99. The van der Waals surface area contributed by atoms with Crippen molar-refractivity contribution in [1.29, 1.82) is 0 Å². The summed E-state index contributed by atoms with van der Waals surface area (Å²) in [5.74, 6) is 0. The quantitative estimate of drug-likeness (QED) is 0.912. The lowest BCUT2D eigenvalue weighted by atomic mass is 10.3. The molecule has 0 saturated carbocycles. The number of nitrogens with zero attached hydrogens (tertiary/aromatic N) is 1. The Hall–Kier alpha value is -0.550. The minimum absolute atomic E-state index is 0.0349. The molecule has 3 nitrogen and oxygen atoms in total. The summed E-state index contributed by atoms with van der Waals surface area (Å²) >= 11 is 5.03. The maximum atomic E-state index is 11.6. The Morgan fingerprint density at radius 2 is 2.33 bits per heavy atom. The van der Waals surface area contributed by atoms with Gasteiger partial charge in [0, 0.05) is 19.6 Å². The average Bonchev–Trinajstić information content (AvgIpc) is 2.50. The van der Waals surface area contributed by atoms with E-state index in [0.29, 0.717) is 6.54 Å². The van der Waals surface area contributed by atoms with Crippen LogP contribution in [0.5, 0.6) is 0 Å². The highest BCUT2D eigenvalue weighted by molar-refractivity contribution is 9.11. The highest BCUT2D eigenvalue weighted by atomic mass is 79.9. The van der Waals surface area contributed by atoms with Gasteiger partial charge < -0.3 is 10.2 Å². The second kappa shape index (κ2) is 5.51. The van der Waals surface area contributed by atoms with Crippen molar-refractivity contribution in [3.8, 4) is 0 Å². The van der Waals surface area contributed by atoms with Crippen molar-refractivity contribution >= 4 is 33.3 Å². The number of halogens is 1. The molecule has 0 saturated heterocycles. The number of thiophene rings is 1. The van der Waals surface area contributed by atoms with Crippen molar-refractivity contribution in [2.45, 2.75) is 26.4 Å². The third kappa shape index (κ3) is 4.22. The number of carbonyl (C=O) groups is 1. The first-order valence-corrected chi connectivity index (χ1v) is 6.41. The Balaban J connectivity index is 2.48. The third-order valence-corrected chi connectivity index (χ3v) is 3.35. The molecule has 0 aliphatic heterocycles. The van der Waals surface area contributed by atoms with Gasteiger partial charge in [-0.05, 0) is 46.8 Å². The van der Waals surface area contributed by atoms with Crippen LogP contribution in [0.2, 0.25) is 0 Å². The molecule has 0 unspecified atom stereocenters. The highest BCUT2D eigenvalue weighted by Gasteiger charge is 2.10. The van der Waals surface area contributed by atoms with Gasteiger partial charge >= 0.3 is 6.03 Å². The van der Waals surface area contributed by atoms with E-state index in [0.717, 1.165) is 9.35 Å². The summed E-state index contributed by atoms with van der Waals surface area (Å²) in [6.07, 6.45) is 0. The van der Waals surface area contributed by atoms with Crippen LogP contribution in [0, 0.1) is 0 Å². The molecular weight excluding hydrogens is 276 g/mol. The minimum Gasteiger partial charge on any atom is -0.336 e. The summed E-state index contributed by atoms with van der Waals surface area (Å²) in [6, 6.07) is 2.17. The fourth-order valence-corrected chi connectivity index (χ4v) is 2.33. The van der Waals surface area contributed by atoms with Gasteiger partial charge in [0.15, 0.2) is 0 Å². The molecule has 1 heterocycles. The maximum absolute atomic E-state index is 11.6. The second-order valence-electron chi connectivity index (χ2n) is 3.72. The van der Waals surface area contributed by atoms with Gasteiger partial charge in [-0.15, -0.1) is 11.3 Å². The van der Waals surface area contributed by atoms with Gasteiger partial charge in [-0.3, -0.25) is 0 Å². The van der Waals surface area contributed by atoms with Crippen LogP contribution in [-0.4, -0.2) is 24.0 Å². The largest absolute Gasteiger partial charge is 0.336 e. The SMILES string of the molecule is CC(C)NC(=O)N(C)Cc1csc(Br)c1. The standard InChI is InChI=1S/C10H15BrN2OS/c1-7(2)12-10(14)13(3)5-8-4-9(11)15-6-8/h4,6-7H,5H2,1-3H3,(H,12,14). The van der Waals surface area contributed by atoms with Gasteiger partial charge in [0.25, 0.3) is 0 Å². The van der Waals surface area contributed by atoms with Crippen molar-refractivity contribution in [1.82, 2.24) is 10.2 Å². The van der Waals surface area contributed by atoms with E-state index in [1.54, 1.807) is 23.3 Å². The number of amides is 2. The van der Waals surface area contributed by atoms with Crippen molar-refractivity contribution in [2.24, 2.45) is 0 Å². The number of urea groups is 1. The van der Waals surface area contributed by atoms with Gasteiger partial charge in [-0.2, -0.15) is 0 Å². The fraction of sp³-hybridized carbons (Fsp3) is 0.500. The van der Waals surface area contributed by atoms with Gasteiger partial charge in [-0.25, -0.2) is 4.79 Å². The topological polar surface area (TPSA) is 32.3 Å². The van der Waals surface area contributed by atoms with Crippen LogP contribution in [0.15, 0.2) is 15.2 Å². The van der Waals surface area contributed by atoms with E-state index >= 15 is 0 Å². The van der Waals surface area contributed by atoms with Crippen molar-refractivity contribution in [3.05, 3.63) is 20.8 Å². The summed E-state index contributed by atoms with van der Waals surface area (Å²) in [5, 5.41) is 4.89. The average molecular weight is 291 g/mol. The molecule has 0 radical (unpaired) electrons. The summed E-state index contributed by atoms with van der Waals surface area (Å²) in [7, 11) is 1.79. The van der Waals surface area contributed by atoms with Crippen molar-refractivity contribution < 1.29 is 4.79 Å². The summed E-state index contributed by atoms with van der Waals surface area (Å²) in [4.78, 5) is 13.2. The van der Waals surface area contributed by atoms with Gasteiger partial charge in [0.05, 0.1) is 3.79 Å². The van der Waals surface area contributed by atoms with E-state index < -0.39 is 0 Å². The van der Waals surface area contributed by atoms with Crippen LogP contribution in [-0.2, 0) is 6.54 Å². The molecule has 1 aromatic heterocycles. The molecule has 1 N–H and O–H groups in total. The molecule has 1 aromatic rings. The van der Waals surface area contributed by atoms with E-state index in [4.69, 9.17) is 0 Å². The lowest BCUT2D eigenvalue weighted by Gasteiger charge is -2.18. The molecule has 0 spiro atoms. The summed E-state index contributed by atoms with van der Waals surface area (Å²) in [5.41, 5.74) is 1.15. The molecule has 5 heteroatoms. The van der Waals surface area contributed by atoms with Gasteiger partial charge in [0.2, 0.25) is 0 Å². The predicted octanol–water partition coefficient (Wildman–Crippen LogP) is 3.06. The molecule has 0 aliphatic rings. The molecule has 2 amide bonds. The second-order valence-corrected chi connectivity index (χ2v) is 6.01. The number of rotatable bonds is 3. The van der Waals surface area contributed by atoms with E-state index in [2.05, 4.69) is 21.2 Å². The summed E-state index contributed by atoms with van der Waals surface area (Å²) in [6.45, 7) is 4.54. The maximum Gasteiger partial charge on any atom is 0.317 e. The number of hydrogen-bond donors (Lipinski definition) is 1. The number of carbonyl (C=O) groups excluding carboxylic acids is 1. The third-order valence-electron chi connectivity index (χ3n) is 1.80. The van der Waals surface area contributed by atoms with Crippen LogP contribution >= 0.6 is 27.3 Å². The zero-order valence-corrected chi connectivity index (χ0v) is 11.5. The molecule has 84 valence electrons. The lowest BCUT2D eigenvalue weighted by molar-refractivity contribution is 0.204. The normalized spacial score (nSPS) is 10.5. The van der Waals surface area contributed by atoms with Crippen LogP contribution in [0.25, 0.3) is 0 Å². The summed E-state index contributed by atoms with van der Waals surface area (Å²) < 4.78 is 1.09. The smallest absolute Gasteiger partial charge is 0.317 e. The zero-order chi connectivity index (χ0) is 11.4. The van der Waals surface area contributed by atoms with Crippen LogP contribution in [0.1, 0.15) is 19.4 Å².